The molecule has 1 aromatic rings. The van der Waals surface area contributed by atoms with Crippen LogP contribution in [0.4, 0.5) is 8.78 Å². The summed E-state index contributed by atoms with van der Waals surface area (Å²) in [6, 6.07) is 3.25. The Bertz CT molecular complexity index is 387. The van der Waals surface area contributed by atoms with Crippen molar-refractivity contribution in [3.05, 3.63) is 29.8 Å². The molecule has 0 spiro atoms. The third kappa shape index (κ3) is 3.38. The summed E-state index contributed by atoms with van der Waals surface area (Å²) in [4.78, 5) is 0. The first-order chi connectivity index (χ1) is 8.15. The topological polar surface area (TPSA) is 30.5 Å². The van der Waals surface area contributed by atoms with Crippen molar-refractivity contribution < 1.29 is 18.3 Å². The number of nitrogens with one attached hydrogen (secondary N) is 1. The van der Waals surface area contributed by atoms with Gasteiger partial charge in [-0.25, -0.2) is 8.78 Å². The highest BCUT2D eigenvalue weighted by atomic mass is 19.1. The van der Waals surface area contributed by atoms with Gasteiger partial charge in [-0.1, -0.05) is 0 Å². The molecule has 0 saturated carbocycles. The van der Waals surface area contributed by atoms with E-state index < -0.39 is 11.6 Å². The lowest BCUT2D eigenvalue weighted by Gasteiger charge is -2.28. The molecule has 1 N–H and O–H groups in total. The van der Waals surface area contributed by atoms with Crippen molar-refractivity contribution in [2.75, 3.05) is 19.7 Å². The summed E-state index contributed by atoms with van der Waals surface area (Å²) in [6.45, 7) is 3.69. The van der Waals surface area contributed by atoms with Crippen LogP contribution in [0.5, 0.6) is 5.75 Å². The van der Waals surface area contributed by atoms with E-state index in [2.05, 4.69) is 5.32 Å². The molecular formula is C12H15F2NO2. The van der Waals surface area contributed by atoms with Gasteiger partial charge in [0.1, 0.15) is 18.5 Å². The molecule has 0 aromatic heterocycles. The van der Waals surface area contributed by atoms with Crippen molar-refractivity contribution in [1.82, 2.24) is 5.32 Å². The molecule has 1 aliphatic rings. The standard InChI is InChI=1S/C12H15F2NO2/c1-8-5-15-6-10(17-8)7-16-12-3-2-9(13)4-11(12)14/h2-4,8,10,15H,5-7H2,1H3. The number of halogens is 2. The molecule has 1 saturated heterocycles. The zero-order valence-corrected chi connectivity index (χ0v) is 9.58. The van der Waals surface area contributed by atoms with Crippen LogP contribution in [0, 0.1) is 11.6 Å². The molecule has 94 valence electrons. The molecule has 0 bridgehead atoms. The summed E-state index contributed by atoms with van der Waals surface area (Å²) in [5.74, 6) is -1.26. The zero-order valence-electron chi connectivity index (χ0n) is 9.58. The number of rotatable bonds is 3. The van der Waals surface area contributed by atoms with E-state index in [-0.39, 0.29) is 24.6 Å². The van der Waals surface area contributed by atoms with Crippen molar-refractivity contribution in [1.29, 1.82) is 0 Å². The van der Waals surface area contributed by atoms with Gasteiger partial charge in [0, 0.05) is 19.2 Å². The summed E-state index contributed by atoms with van der Waals surface area (Å²) in [6.07, 6.45) is 0.0126. The SMILES string of the molecule is CC1CNCC(COc2ccc(F)cc2F)O1. The van der Waals surface area contributed by atoms with Gasteiger partial charge >= 0.3 is 0 Å². The molecule has 2 rings (SSSR count). The molecule has 1 aromatic carbocycles. The predicted octanol–water partition coefficient (Wildman–Crippen LogP) is 1.72. The maximum absolute atomic E-state index is 13.3. The maximum atomic E-state index is 13.3. The molecule has 3 nitrogen and oxygen atoms in total. The van der Waals surface area contributed by atoms with Gasteiger partial charge in [0.25, 0.3) is 0 Å². The van der Waals surface area contributed by atoms with Gasteiger partial charge in [-0.05, 0) is 19.1 Å². The lowest BCUT2D eigenvalue weighted by molar-refractivity contribution is -0.0475. The molecule has 2 unspecified atom stereocenters. The average molecular weight is 243 g/mol. The largest absolute Gasteiger partial charge is 0.488 e. The van der Waals surface area contributed by atoms with Crippen LogP contribution < -0.4 is 10.1 Å². The molecular weight excluding hydrogens is 228 g/mol. The Labute approximate surface area is 98.7 Å². The summed E-state index contributed by atoms with van der Waals surface area (Å²) in [5.41, 5.74) is 0. The minimum absolute atomic E-state index is 0.0493. The molecule has 1 heterocycles. The Morgan fingerprint density at radius 1 is 1.41 bits per heavy atom. The maximum Gasteiger partial charge on any atom is 0.167 e. The zero-order chi connectivity index (χ0) is 12.3. The van der Waals surface area contributed by atoms with Gasteiger partial charge in [0.2, 0.25) is 0 Å². The normalized spacial score (nSPS) is 24.6. The van der Waals surface area contributed by atoms with Gasteiger partial charge in [-0.3, -0.25) is 0 Å². The number of morpholine rings is 1. The molecule has 0 radical (unpaired) electrons. The van der Waals surface area contributed by atoms with Crippen LogP contribution in [0.3, 0.4) is 0 Å². The summed E-state index contributed by atoms with van der Waals surface area (Å²) in [7, 11) is 0. The van der Waals surface area contributed by atoms with Crippen LogP contribution in [0.1, 0.15) is 6.92 Å². The van der Waals surface area contributed by atoms with Crippen molar-refractivity contribution in [3.63, 3.8) is 0 Å². The minimum Gasteiger partial charge on any atom is -0.488 e. The second kappa shape index (κ2) is 5.42. The molecule has 1 fully saturated rings. The molecule has 5 heteroatoms. The monoisotopic (exact) mass is 243 g/mol. The van der Waals surface area contributed by atoms with Crippen LogP contribution in [-0.2, 0) is 4.74 Å². The second-order valence-electron chi connectivity index (χ2n) is 4.11. The molecule has 0 amide bonds. The number of benzene rings is 1. The van der Waals surface area contributed by atoms with E-state index in [9.17, 15) is 8.78 Å². The number of ether oxygens (including phenoxy) is 2. The summed E-state index contributed by atoms with van der Waals surface area (Å²) in [5, 5.41) is 3.19. The van der Waals surface area contributed by atoms with Gasteiger partial charge in [0.15, 0.2) is 11.6 Å². The fourth-order valence-electron chi connectivity index (χ4n) is 1.75. The smallest absolute Gasteiger partial charge is 0.167 e. The van der Waals surface area contributed by atoms with Crippen LogP contribution in [0.25, 0.3) is 0 Å². The van der Waals surface area contributed by atoms with Crippen LogP contribution in [0.2, 0.25) is 0 Å². The van der Waals surface area contributed by atoms with E-state index in [4.69, 9.17) is 9.47 Å². The van der Waals surface area contributed by atoms with Crippen LogP contribution >= 0.6 is 0 Å². The number of hydrogen-bond donors (Lipinski definition) is 1. The Morgan fingerprint density at radius 2 is 2.24 bits per heavy atom. The third-order valence-electron chi connectivity index (χ3n) is 2.55. The molecule has 1 aliphatic heterocycles. The van der Waals surface area contributed by atoms with Gasteiger partial charge in [0.05, 0.1) is 6.10 Å². The Balaban J connectivity index is 1.88. The van der Waals surface area contributed by atoms with Crippen molar-refractivity contribution in [3.8, 4) is 5.75 Å². The van der Waals surface area contributed by atoms with E-state index in [1.807, 2.05) is 6.92 Å². The fourth-order valence-corrected chi connectivity index (χ4v) is 1.75. The summed E-state index contributed by atoms with van der Waals surface area (Å²) >= 11 is 0. The average Bonchev–Trinajstić information content (AvgIpc) is 2.28. The predicted molar refractivity (Wildman–Crippen MR) is 59.1 cm³/mol. The molecule has 0 aliphatic carbocycles. The van der Waals surface area contributed by atoms with Crippen LogP contribution in [-0.4, -0.2) is 31.9 Å². The molecule has 2 atom stereocenters. The Morgan fingerprint density at radius 3 is 2.94 bits per heavy atom. The summed E-state index contributed by atoms with van der Waals surface area (Å²) < 4.78 is 36.8. The highest BCUT2D eigenvalue weighted by Gasteiger charge is 2.19. The van der Waals surface area contributed by atoms with Gasteiger partial charge < -0.3 is 14.8 Å². The Kier molecular flexibility index (Phi) is 3.91. The van der Waals surface area contributed by atoms with Crippen molar-refractivity contribution in [2.24, 2.45) is 0 Å². The van der Waals surface area contributed by atoms with E-state index in [1.165, 1.54) is 12.1 Å². The van der Waals surface area contributed by atoms with Gasteiger partial charge in [-0.2, -0.15) is 0 Å². The highest BCUT2D eigenvalue weighted by Crippen LogP contribution is 2.18. The van der Waals surface area contributed by atoms with E-state index >= 15 is 0 Å². The minimum atomic E-state index is -0.693. The number of hydrogen-bond acceptors (Lipinski definition) is 3. The van der Waals surface area contributed by atoms with E-state index in [0.29, 0.717) is 6.54 Å². The lowest BCUT2D eigenvalue weighted by atomic mass is 10.2. The first kappa shape index (κ1) is 12.3. The first-order valence-corrected chi connectivity index (χ1v) is 5.59. The van der Waals surface area contributed by atoms with Crippen molar-refractivity contribution >= 4 is 0 Å². The highest BCUT2D eigenvalue weighted by molar-refractivity contribution is 5.24. The third-order valence-corrected chi connectivity index (χ3v) is 2.55. The van der Waals surface area contributed by atoms with Crippen molar-refractivity contribution in [2.45, 2.75) is 19.1 Å². The van der Waals surface area contributed by atoms with Crippen LogP contribution in [0.15, 0.2) is 18.2 Å². The van der Waals surface area contributed by atoms with E-state index in [1.54, 1.807) is 0 Å². The Hall–Kier alpha value is -1.20. The van der Waals surface area contributed by atoms with E-state index in [0.717, 1.165) is 12.6 Å². The fraction of sp³-hybridized carbons (Fsp3) is 0.500. The lowest BCUT2D eigenvalue weighted by Crippen LogP contribution is -2.45. The molecule has 17 heavy (non-hydrogen) atoms. The quantitative estimate of drug-likeness (QED) is 0.876. The first-order valence-electron chi connectivity index (χ1n) is 5.59. The van der Waals surface area contributed by atoms with Gasteiger partial charge in [-0.15, -0.1) is 0 Å². The second-order valence-corrected chi connectivity index (χ2v) is 4.11.